The van der Waals surface area contributed by atoms with Crippen molar-refractivity contribution < 1.29 is 14.3 Å². The van der Waals surface area contributed by atoms with Crippen LogP contribution in [-0.2, 0) is 11.2 Å². The molecule has 0 spiro atoms. The Morgan fingerprint density at radius 2 is 1.89 bits per heavy atom. The number of nitrogens with one attached hydrogen (secondary N) is 1. The topological polar surface area (TPSA) is 76.6 Å². The normalized spacial score (nSPS) is 21.3. The van der Waals surface area contributed by atoms with Gasteiger partial charge in [-0.25, -0.2) is 0 Å². The Balaban J connectivity index is 1.46. The number of nitrogens with zero attached hydrogens (tertiary/aromatic N) is 3. The minimum absolute atomic E-state index is 0.122. The van der Waals surface area contributed by atoms with Crippen LogP contribution in [0.1, 0.15) is 74.5 Å². The first-order valence-corrected chi connectivity index (χ1v) is 13.7. The number of carbonyl (C=O) groups excluding carboxylic acids is 1. The van der Waals surface area contributed by atoms with Crippen molar-refractivity contribution in [3.05, 3.63) is 41.7 Å². The van der Waals surface area contributed by atoms with E-state index in [1.54, 1.807) is 7.11 Å². The predicted octanol–water partition coefficient (Wildman–Crippen LogP) is 4.89. The standard InChI is InChI=1S/C29H42N4O3/c1-4-5-11-26-25(21-12-14-24(15-13-21)36-23-9-7-6-8-10-23)18-27(32-31-26)29(34)30-19-22-16-17-33(2)20-28(22)35-3/h12-15,18,22-23,28H,4-11,16-17,19-20H2,1-3H3,(H,30,34)/t22-,28-/m0/s1. The second-order valence-electron chi connectivity index (χ2n) is 10.4. The van der Waals surface area contributed by atoms with Crippen molar-refractivity contribution in [1.82, 2.24) is 20.4 Å². The molecule has 1 aromatic carbocycles. The number of hydrogen-bond acceptors (Lipinski definition) is 6. The van der Waals surface area contributed by atoms with Crippen molar-refractivity contribution in [3.63, 3.8) is 0 Å². The van der Waals surface area contributed by atoms with Gasteiger partial charge in [-0.1, -0.05) is 31.9 Å². The van der Waals surface area contributed by atoms with Crippen molar-refractivity contribution in [2.24, 2.45) is 5.92 Å². The van der Waals surface area contributed by atoms with Gasteiger partial charge in [0.05, 0.1) is 17.9 Å². The van der Waals surface area contributed by atoms with Crippen LogP contribution in [0.4, 0.5) is 0 Å². The van der Waals surface area contributed by atoms with Gasteiger partial charge in [-0.15, -0.1) is 5.10 Å². The number of unbranched alkanes of at least 4 members (excludes halogenated alkanes) is 1. The summed E-state index contributed by atoms with van der Waals surface area (Å²) < 4.78 is 11.9. The number of benzene rings is 1. The van der Waals surface area contributed by atoms with Gasteiger partial charge in [-0.2, -0.15) is 5.10 Å². The molecule has 1 aliphatic carbocycles. The quantitative estimate of drug-likeness (QED) is 0.507. The Morgan fingerprint density at radius 1 is 1.11 bits per heavy atom. The van der Waals surface area contributed by atoms with E-state index < -0.39 is 0 Å². The van der Waals surface area contributed by atoms with E-state index >= 15 is 0 Å². The third kappa shape index (κ3) is 7.04. The summed E-state index contributed by atoms with van der Waals surface area (Å²) in [6.45, 7) is 4.64. The van der Waals surface area contributed by atoms with Crippen LogP contribution in [0.2, 0.25) is 0 Å². The molecule has 2 atom stereocenters. The third-order valence-electron chi connectivity index (χ3n) is 7.62. The Morgan fingerprint density at radius 3 is 2.61 bits per heavy atom. The van der Waals surface area contributed by atoms with Crippen LogP contribution >= 0.6 is 0 Å². The Hall–Kier alpha value is -2.51. The summed E-state index contributed by atoms with van der Waals surface area (Å²) in [7, 11) is 3.85. The van der Waals surface area contributed by atoms with Gasteiger partial charge >= 0.3 is 0 Å². The van der Waals surface area contributed by atoms with Gasteiger partial charge < -0.3 is 19.7 Å². The van der Waals surface area contributed by atoms with Gasteiger partial charge in [0, 0.05) is 31.7 Å². The van der Waals surface area contributed by atoms with Crippen LogP contribution in [0.5, 0.6) is 5.75 Å². The van der Waals surface area contributed by atoms with Gasteiger partial charge in [0.1, 0.15) is 5.75 Å². The highest BCUT2D eigenvalue weighted by Crippen LogP contribution is 2.29. The van der Waals surface area contributed by atoms with E-state index in [1.807, 2.05) is 18.2 Å². The number of rotatable bonds is 10. The number of ether oxygens (including phenoxy) is 2. The second kappa shape index (κ2) is 13.2. The van der Waals surface area contributed by atoms with Crippen LogP contribution in [0.15, 0.2) is 30.3 Å². The van der Waals surface area contributed by atoms with Crippen molar-refractivity contribution in [2.75, 3.05) is 33.8 Å². The minimum Gasteiger partial charge on any atom is -0.490 e. The monoisotopic (exact) mass is 494 g/mol. The zero-order valence-electron chi connectivity index (χ0n) is 22.2. The van der Waals surface area contributed by atoms with Crippen LogP contribution < -0.4 is 10.1 Å². The molecule has 1 saturated heterocycles. The van der Waals surface area contributed by atoms with Crippen molar-refractivity contribution in [1.29, 1.82) is 0 Å². The number of carbonyl (C=O) groups is 1. The highest BCUT2D eigenvalue weighted by Gasteiger charge is 2.28. The molecule has 1 aliphatic heterocycles. The molecule has 1 N–H and O–H groups in total. The Bertz CT molecular complexity index is 975. The lowest BCUT2D eigenvalue weighted by Crippen LogP contribution is -2.47. The first-order chi connectivity index (χ1) is 17.6. The fourth-order valence-corrected chi connectivity index (χ4v) is 5.33. The number of amides is 1. The maximum atomic E-state index is 13.0. The number of aryl methyl sites for hydroxylation is 1. The SMILES string of the molecule is CCCCc1nnc(C(=O)NC[C@@H]2CCN(C)C[C@@H]2OC)cc1-c1ccc(OC2CCCCC2)cc1. The molecule has 0 radical (unpaired) electrons. The van der Waals surface area contributed by atoms with E-state index in [4.69, 9.17) is 9.47 Å². The van der Waals surface area contributed by atoms with Crippen molar-refractivity contribution in [3.8, 4) is 16.9 Å². The predicted molar refractivity (Wildman–Crippen MR) is 142 cm³/mol. The molecule has 1 aromatic heterocycles. The summed E-state index contributed by atoms with van der Waals surface area (Å²) in [6, 6.07) is 10.1. The molecule has 0 unspecified atom stereocenters. The molecular formula is C29H42N4O3. The molecule has 4 rings (SSSR count). The molecule has 1 amide bonds. The lowest BCUT2D eigenvalue weighted by atomic mass is 9.94. The number of likely N-dealkylation sites (tertiary alicyclic amines) is 1. The minimum atomic E-state index is -0.183. The number of methoxy groups -OCH3 is 1. The zero-order chi connectivity index (χ0) is 25.3. The van der Waals surface area contributed by atoms with E-state index in [1.165, 1.54) is 19.3 Å². The summed E-state index contributed by atoms with van der Waals surface area (Å²) in [5.74, 6) is 1.02. The highest BCUT2D eigenvalue weighted by molar-refractivity contribution is 5.93. The van der Waals surface area contributed by atoms with Crippen molar-refractivity contribution in [2.45, 2.75) is 76.9 Å². The molecule has 196 valence electrons. The number of aromatic nitrogens is 2. The summed E-state index contributed by atoms with van der Waals surface area (Å²) >= 11 is 0. The molecule has 36 heavy (non-hydrogen) atoms. The average molecular weight is 495 g/mol. The Kier molecular flexibility index (Phi) is 9.70. The molecule has 2 aliphatic rings. The first kappa shape index (κ1) is 26.6. The lowest BCUT2D eigenvalue weighted by Gasteiger charge is -2.35. The van der Waals surface area contributed by atoms with Gasteiger partial charge in [0.15, 0.2) is 5.69 Å². The maximum Gasteiger partial charge on any atom is 0.271 e. The fraction of sp³-hybridized carbons (Fsp3) is 0.621. The largest absolute Gasteiger partial charge is 0.490 e. The number of piperidine rings is 1. The molecule has 0 bridgehead atoms. The highest BCUT2D eigenvalue weighted by atomic mass is 16.5. The van der Waals surface area contributed by atoms with E-state index in [2.05, 4.69) is 46.5 Å². The molecular weight excluding hydrogens is 452 g/mol. The molecule has 2 aromatic rings. The van der Waals surface area contributed by atoms with Gasteiger partial charge in [-0.05, 0) is 82.3 Å². The van der Waals surface area contributed by atoms with Crippen molar-refractivity contribution >= 4 is 5.91 Å². The van der Waals surface area contributed by atoms with Crippen LogP contribution in [0, 0.1) is 5.92 Å². The zero-order valence-corrected chi connectivity index (χ0v) is 22.2. The van der Waals surface area contributed by atoms with Gasteiger partial charge in [0.25, 0.3) is 5.91 Å². The third-order valence-corrected chi connectivity index (χ3v) is 7.62. The van der Waals surface area contributed by atoms with Crippen LogP contribution in [-0.4, -0.2) is 67.0 Å². The Labute approximate surface area is 216 Å². The summed E-state index contributed by atoms with van der Waals surface area (Å²) in [5, 5.41) is 11.9. The molecule has 7 nitrogen and oxygen atoms in total. The van der Waals surface area contributed by atoms with Gasteiger partial charge in [0.2, 0.25) is 0 Å². The van der Waals surface area contributed by atoms with Crippen LogP contribution in [0.25, 0.3) is 11.1 Å². The maximum absolute atomic E-state index is 13.0. The number of likely N-dealkylation sites (N-methyl/N-ethyl adjacent to an activating group) is 1. The van der Waals surface area contributed by atoms with Gasteiger partial charge in [-0.3, -0.25) is 4.79 Å². The summed E-state index contributed by atoms with van der Waals surface area (Å²) in [4.78, 5) is 15.3. The molecule has 2 heterocycles. The smallest absolute Gasteiger partial charge is 0.271 e. The van der Waals surface area contributed by atoms with E-state index in [0.29, 0.717) is 24.3 Å². The summed E-state index contributed by atoms with van der Waals surface area (Å²) in [5.41, 5.74) is 3.30. The van der Waals surface area contributed by atoms with Crippen LogP contribution in [0.3, 0.4) is 0 Å². The fourth-order valence-electron chi connectivity index (χ4n) is 5.33. The summed E-state index contributed by atoms with van der Waals surface area (Å²) in [6.07, 6.45) is 10.5. The number of hydrogen-bond donors (Lipinski definition) is 1. The molecule has 2 fully saturated rings. The van der Waals surface area contributed by atoms with E-state index in [0.717, 1.165) is 74.2 Å². The second-order valence-corrected chi connectivity index (χ2v) is 10.4. The lowest BCUT2D eigenvalue weighted by molar-refractivity contribution is -0.00261. The average Bonchev–Trinajstić information content (AvgIpc) is 2.92. The first-order valence-electron chi connectivity index (χ1n) is 13.7. The van der Waals surface area contributed by atoms with E-state index in [-0.39, 0.29) is 12.0 Å². The molecule has 7 heteroatoms. The van der Waals surface area contributed by atoms with E-state index in [9.17, 15) is 4.79 Å². The molecule has 1 saturated carbocycles.